The van der Waals surface area contributed by atoms with Crippen molar-refractivity contribution in [3.63, 3.8) is 0 Å². The maximum Gasteiger partial charge on any atom is 2.00 e. The predicted molar refractivity (Wildman–Crippen MR) is 149 cm³/mol. The van der Waals surface area contributed by atoms with Gasteiger partial charge in [0.2, 0.25) is 0 Å². The van der Waals surface area contributed by atoms with E-state index in [9.17, 15) is 0 Å². The van der Waals surface area contributed by atoms with Crippen molar-refractivity contribution in [2.45, 2.75) is 71.6 Å². The van der Waals surface area contributed by atoms with Gasteiger partial charge in [-0.3, -0.25) is 9.36 Å². The molecule has 8 nitrogen and oxygen atoms in total. The number of hydrogen-bond donors (Lipinski definition) is 0. The van der Waals surface area contributed by atoms with Crippen molar-refractivity contribution in [1.29, 1.82) is 0 Å². The number of aromatic nitrogens is 6. The van der Waals surface area contributed by atoms with E-state index < -0.39 is 5.41 Å². The molecule has 0 N–H and O–H groups in total. The first-order valence-corrected chi connectivity index (χ1v) is 13.1. The molecule has 6 rings (SSSR count). The third-order valence-electron chi connectivity index (χ3n) is 6.85. The predicted octanol–water partition coefficient (Wildman–Crippen LogP) is 6.86. The van der Waals surface area contributed by atoms with E-state index in [1.807, 2.05) is 53.5 Å². The number of hydrogen-bond acceptors (Lipinski definition) is 6. The molecular weight excluding hydrogens is 683 g/mol. The van der Waals surface area contributed by atoms with Crippen LogP contribution in [0.1, 0.15) is 78.6 Å². The molecule has 0 aliphatic carbocycles. The summed E-state index contributed by atoms with van der Waals surface area (Å²) in [5, 5.41) is 9.81. The van der Waals surface area contributed by atoms with Gasteiger partial charge in [-0.15, -0.1) is 18.2 Å². The molecule has 4 heterocycles. The van der Waals surface area contributed by atoms with E-state index in [1.54, 1.807) is 4.68 Å². The maximum atomic E-state index is 6.17. The smallest absolute Gasteiger partial charge is 0.503 e. The van der Waals surface area contributed by atoms with Crippen molar-refractivity contribution in [3.8, 4) is 11.4 Å². The van der Waals surface area contributed by atoms with E-state index in [0.29, 0.717) is 17.4 Å². The standard InChI is InChI=1S/C31H32N6O2.Pt/c1-29(2,3)27-33-21-18-19(12-13-23(21)38-27)36-16-14-24(34-36)31(7,8)25-15-17-37(35-25)22-11-9-10-20-26(22)39-28(32-20)30(4,5)6;/h9-10,13-18H,1-8H3;/q-2;+2. The molecule has 0 spiro atoms. The van der Waals surface area contributed by atoms with Crippen LogP contribution in [0.25, 0.3) is 33.6 Å². The second-order valence-electron chi connectivity index (χ2n) is 12.6. The van der Waals surface area contributed by atoms with Crippen LogP contribution >= 0.6 is 0 Å². The van der Waals surface area contributed by atoms with Crippen molar-refractivity contribution < 1.29 is 29.9 Å². The van der Waals surface area contributed by atoms with E-state index in [-0.39, 0.29) is 31.9 Å². The molecule has 2 aromatic carbocycles. The molecule has 0 radical (unpaired) electrons. The van der Waals surface area contributed by atoms with Gasteiger partial charge in [-0.25, -0.2) is 9.97 Å². The molecule has 0 amide bonds. The summed E-state index contributed by atoms with van der Waals surface area (Å²) in [7, 11) is 0. The molecule has 0 atom stereocenters. The van der Waals surface area contributed by atoms with Crippen LogP contribution in [0, 0.1) is 12.1 Å². The van der Waals surface area contributed by atoms with Crippen LogP contribution in [-0.2, 0) is 37.3 Å². The van der Waals surface area contributed by atoms with Crippen LogP contribution in [0.4, 0.5) is 0 Å². The van der Waals surface area contributed by atoms with Gasteiger partial charge in [0, 0.05) is 39.8 Å². The Morgan fingerprint density at radius 2 is 1.32 bits per heavy atom. The molecule has 4 aromatic heterocycles. The summed E-state index contributed by atoms with van der Waals surface area (Å²) in [5.74, 6) is 1.39. The summed E-state index contributed by atoms with van der Waals surface area (Å²) in [6.07, 6.45) is 3.87. The monoisotopic (exact) mass is 715 g/mol. The average molecular weight is 716 g/mol. The zero-order valence-electron chi connectivity index (χ0n) is 23.9. The van der Waals surface area contributed by atoms with E-state index in [4.69, 9.17) is 19.0 Å². The van der Waals surface area contributed by atoms with E-state index in [0.717, 1.165) is 39.4 Å². The molecule has 0 fully saturated rings. The fourth-order valence-corrected chi connectivity index (χ4v) is 4.39. The van der Waals surface area contributed by atoms with Gasteiger partial charge in [-0.1, -0.05) is 41.5 Å². The Morgan fingerprint density at radius 3 is 2.00 bits per heavy atom. The van der Waals surface area contributed by atoms with Crippen molar-refractivity contribution in [2.24, 2.45) is 0 Å². The summed E-state index contributed by atoms with van der Waals surface area (Å²) in [4.78, 5) is 9.37. The number of benzene rings is 2. The zero-order valence-corrected chi connectivity index (χ0v) is 26.2. The van der Waals surface area contributed by atoms with Gasteiger partial charge < -0.3 is 8.83 Å². The van der Waals surface area contributed by atoms with Gasteiger partial charge in [0.25, 0.3) is 0 Å². The Kier molecular flexibility index (Phi) is 6.69. The average Bonchev–Trinajstić information content (AvgIpc) is 3.65. The molecule has 0 saturated heterocycles. The molecular formula is C31H32N6O2Pt. The van der Waals surface area contributed by atoms with Crippen LogP contribution in [0.2, 0.25) is 0 Å². The van der Waals surface area contributed by atoms with E-state index >= 15 is 0 Å². The number of oxazole rings is 2. The van der Waals surface area contributed by atoms with Gasteiger partial charge in [0.15, 0.2) is 11.8 Å². The maximum absolute atomic E-state index is 6.17. The minimum Gasteiger partial charge on any atom is -0.503 e. The fraction of sp³-hybridized carbons (Fsp3) is 0.355. The van der Waals surface area contributed by atoms with Crippen LogP contribution in [0.15, 0.2) is 57.6 Å². The third kappa shape index (κ3) is 4.83. The molecule has 40 heavy (non-hydrogen) atoms. The summed E-state index contributed by atoms with van der Waals surface area (Å²) in [6.45, 7) is 16.7. The van der Waals surface area contributed by atoms with Crippen molar-refractivity contribution in [2.75, 3.05) is 0 Å². The first-order valence-electron chi connectivity index (χ1n) is 13.1. The number of rotatable bonds is 4. The van der Waals surface area contributed by atoms with Crippen LogP contribution in [-0.4, -0.2) is 29.5 Å². The van der Waals surface area contributed by atoms with Gasteiger partial charge in [0.05, 0.1) is 22.4 Å². The Hall–Kier alpha value is -3.51. The zero-order chi connectivity index (χ0) is 27.7. The Balaban J connectivity index is 0.00000323. The van der Waals surface area contributed by atoms with E-state index in [2.05, 4.69) is 77.5 Å². The molecule has 0 bridgehead atoms. The minimum absolute atomic E-state index is 0. The van der Waals surface area contributed by atoms with Gasteiger partial charge >= 0.3 is 21.1 Å². The topological polar surface area (TPSA) is 87.7 Å². The third-order valence-corrected chi connectivity index (χ3v) is 6.85. The van der Waals surface area contributed by atoms with Crippen molar-refractivity contribution in [3.05, 3.63) is 84.1 Å². The van der Waals surface area contributed by atoms with Crippen LogP contribution < -0.4 is 0 Å². The fourth-order valence-electron chi connectivity index (χ4n) is 4.39. The number of fused-ring (bicyclic) bond motifs is 2. The first-order chi connectivity index (χ1) is 18.3. The molecule has 9 heteroatoms. The minimum atomic E-state index is -0.459. The van der Waals surface area contributed by atoms with Gasteiger partial charge in [-0.05, 0) is 37.4 Å². The molecule has 0 saturated carbocycles. The Labute approximate surface area is 248 Å². The Bertz CT molecular complexity index is 1820. The normalized spacial score (nSPS) is 12.8. The van der Waals surface area contributed by atoms with Crippen LogP contribution in [0.5, 0.6) is 0 Å². The molecule has 0 aliphatic heterocycles. The summed E-state index contributed by atoms with van der Waals surface area (Å²) >= 11 is 0. The SMILES string of the molecule is CC(C)(C)c1nc2cc(-n3ccc(C(C)(C)c4ccn(-c5[c-]ccc6nc(C(C)(C)C)oc56)n4)n3)[c-]cc2o1.[Pt+2]. The quantitative estimate of drug-likeness (QED) is 0.186. The van der Waals surface area contributed by atoms with Crippen LogP contribution in [0.3, 0.4) is 0 Å². The molecule has 0 aliphatic rings. The van der Waals surface area contributed by atoms with Crippen molar-refractivity contribution >= 4 is 22.2 Å². The van der Waals surface area contributed by atoms with E-state index in [1.165, 1.54) is 0 Å². The molecule has 208 valence electrons. The summed E-state index contributed by atoms with van der Waals surface area (Å²) < 4.78 is 15.7. The van der Waals surface area contributed by atoms with Crippen molar-refractivity contribution in [1.82, 2.24) is 29.5 Å². The molecule has 0 unspecified atom stereocenters. The first kappa shape index (κ1) is 28.0. The Morgan fingerprint density at radius 1 is 0.725 bits per heavy atom. The number of nitrogens with zero attached hydrogens (tertiary/aromatic N) is 6. The summed E-state index contributed by atoms with van der Waals surface area (Å²) in [6, 6.07) is 18.1. The summed E-state index contributed by atoms with van der Waals surface area (Å²) in [5.41, 5.74) is 5.43. The van der Waals surface area contributed by atoms with Gasteiger partial charge in [-0.2, -0.15) is 28.4 Å². The largest absolute Gasteiger partial charge is 2.00 e. The second kappa shape index (κ2) is 9.55. The second-order valence-corrected chi connectivity index (χ2v) is 12.6. The molecule has 6 aromatic rings. The van der Waals surface area contributed by atoms with Gasteiger partial charge in [0.1, 0.15) is 0 Å².